The molecule has 0 spiro atoms. The van der Waals surface area contributed by atoms with E-state index in [2.05, 4.69) is 34.3 Å². The summed E-state index contributed by atoms with van der Waals surface area (Å²) in [6.07, 6.45) is 2.52. The van der Waals surface area contributed by atoms with Gasteiger partial charge in [-0.05, 0) is 36.2 Å². The van der Waals surface area contributed by atoms with Gasteiger partial charge in [0.2, 0.25) is 0 Å². The molecule has 0 N–H and O–H groups in total. The maximum atomic E-state index is 10.4. The Hall–Kier alpha value is -0.790. The van der Waals surface area contributed by atoms with Crippen LogP contribution in [0.5, 0.6) is 0 Å². The summed E-state index contributed by atoms with van der Waals surface area (Å²) >= 11 is 0. The Morgan fingerprint density at radius 3 is 2.29 bits per heavy atom. The third-order valence-electron chi connectivity index (χ3n) is 2.19. The highest BCUT2D eigenvalue weighted by Gasteiger charge is 2.15. The van der Waals surface area contributed by atoms with Crippen molar-refractivity contribution in [3.05, 3.63) is 12.2 Å². The Kier molecular flexibility index (Phi) is 4.89. The summed E-state index contributed by atoms with van der Waals surface area (Å²) in [5.41, 5.74) is 0.521. The molecule has 0 aliphatic carbocycles. The molecular weight excluding hydrogens is 176 g/mol. The fourth-order valence-corrected chi connectivity index (χ4v) is 1.67. The summed E-state index contributed by atoms with van der Waals surface area (Å²) in [4.78, 5) is 10.4. The second-order valence-corrected chi connectivity index (χ2v) is 5.30. The van der Waals surface area contributed by atoms with Crippen molar-refractivity contribution in [1.82, 2.24) is 0 Å². The molecule has 0 fully saturated rings. The summed E-state index contributed by atoms with van der Waals surface area (Å²) < 4.78 is 0. The molecule has 82 valence electrons. The quantitative estimate of drug-likeness (QED) is 0.633. The zero-order chi connectivity index (χ0) is 11.4. The summed E-state index contributed by atoms with van der Waals surface area (Å²) in [5, 5.41) is 10.4. The number of carbonyl (C=O) groups excluding carboxylic acids is 1. The first kappa shape index (κ1) is 13.2. The number of rotatable bonds is 5. The molecule has 0 aromatic rings. The minimum Gasteiger partial charge on any atom is -0.545 e. The van der Waals surface area contributed by atoms with Crippen molar-refractivity contribution >= 4 is 5.97 Å². The van der Waals surface area contributed by atoms with Gasteiger partial charge in [0, 0.05) is 0 Å². The zero-order valence-electron chi connectivity index (χ0n) is 9.72. The molecule has 2 nitrogen and oxygen atoms in total. The summed E-state index contributed by atoms with van der Waals surface area (Å²) in [7, 11) is 0. The second kappa shape index (κ2) is 5.18. The lowest BCUT2D eigenvalue weighted by molar-refractivity contribution is -0.299. The highest BCUT2D eigenvalue weighted by molar-refractivity contribution is 5.83. The molecule has 1 unspecified atom stereocenters. The maximum absolute atomic E-state index is 10.4. The molecule has 0 amide bonds. The van der Waals surface area contributed by atoms with E-state index in [0.717, 1.165) is 12.8 Å². The van der Waals surface area contributed by atoms with Crippen LogP contribution in [0.1, 0.15) is 47.0 Å². The predicted molar refractivity (Wildman–Crippen MR) is 56.6 cm³/mol. The van der Waals surface area contributed by atoms with Gasteiger partial charge in [0.1, 0.15) is 0 Å². The van der Waals surface area contributed by atoms with Crippen LogP contribution in [0.3, 0.4) is 0 Å². The number of carboxylic acids is 1. The number of carboxylic acid groups (broad SMARTS) is 1. The smallest absolute Gasteiger partial charge is 0.0668 e. The van der Waals surface area contributed by atoms with Gasteiger partial charge in [-0.3, -0.25) is 0 Å². The Morgan fingerprint density at radius 2 is 1.93 bits per heavy atom. The van der Waals surface area contributed by atoms with E-state index >= 15 is 0 Å². The molecule has 14 heavy (non-hydrogen) atoms. The average molecular weight is 197 g/mol. The molecule has 0 aromatic heterocycles. The van der Waals surface area contributed by atoms with Crippen molar-refractivity contribution in [3.63, 3.8) is 0 Å². The molecule has 0 saturated carbocycles. The van der Waals surface area contributed by atoms with E-state index < -0.39 is 5.97 Å². The predicted octanol–water partition coefficient (Wildman–Crippen LogP) is 2.14. The van der Waals surface area contributed by atoms with E-state index in [1.165, 1.54) is 0 Å². The Bertz CT molecular complexity index is 211. The summed E-state index contributed by atoms with van der Waals surface area (Å²) in [5.74, 6) is -0.584. The van der Waals surface area contributed by atoms with Gasteiger partial charge >= 0.3 is 0 Å². The van der Waals surface area contributed by atoms with E-state index in [1.54, 1.807) is 0 Å². The minimum absolute atomic E-state index is 0.214. The fraction of sp³-hybridized carbons (Fsp3) is 0.750. The molecule has 0 saturated heterocycles. The van der Waals surface area contributed by atoms with Gasteiger partial charge in [-0.15, -0.1) is 0 Å². The third kappa shape index (κ3) is 6.70. The molecule has 0 aliphatic heterocycles. The van der Waals surface area contributed by atoms with E-state index in [-0.39, 0.29) is 5.57 Å². The standard InChI is InChI=1S/C12H22O2/c1-9(8-12(3,4)5)6-7-10(2)11(13)14/h9H,2,6-8H2,1,3-5H3,(H,13,14)/p-1. The van der Waals surface area contributed by atoms with E-state index in [9.17, 15) is 9.90 Å². The molecule has 1 atom stereocenters. The molecule has 0 radical (unpaired) electrons. The van der Waals surface area contributed by atoms with Crippen LogP contribution in [0.4, 0.5) is 0 Å². The molecule has 0 aromatic carbocycles. The summed E-state index contributed by atoms with van der Waals surface area (Å²) in [6, 6.07) is 0. The molecule has 0 bridgehead atoms. The lowest BCUT2D eigenvalue weighted by Gasteiger charge is -2.23. The Labute approximate surface area is 87.0 Å². The monoisotopic (exact) mass is 197 g/mol. The van der Waals surface area contributed by atoms with E-state index in [4.69, 9.17) is 0 Å². The summed E-state index contributed by atoms with van der Waals surface area (Å²) in [6.45, 7) is 12.2. The third-order valence-corrected chi connectivity index (χ3v) is 2.19. The topological polar surface area (TPSA) is 40.1 Å². The van der Waals surface area contributed by atoms with Gasteiger partial charge < -0.3 is 9.90 Å². The first-order valence-corrected chi connectivity index (χ1v) is 5.11. The molecule has 0 rings (SSSR count). The number of carbonyl (C=O) groups is 1. The van der Waals surface area contributed by atoms with Gasteiger partial charge in [0.15, 0.2) is 0 Å². The molecule has 0 heterocycles. The number of hydrogen-bond acceptors (Lipinski definition) is 2. The van der Waals surface area contributed by atoms with Crippen LogP contribution in [0.15, 0.2) is 12.2 Å². The number of aliphatic carboxylic acids is 1. The Balaban J connectivity index is 3.80. The van der Waals surface area contributed by atoms with Gasteiger partial charge in [0.25, 0.3) is 0 Å². The highest BCUT2D eigenvalue weighted by Crippen LogP contribution is 2.27. The van der Waals surface area contributed by atoms with Crippen molar-refractivity contribution in [2.24, 2.45) is 11.3 Å². The molecule has 0 aliphatic rings. The van der Waals surface area contributed by atoms with Gasteiger partial charge in [0.05, 0.1) is 5.97 Å². The van der Waals surface area contributed by atoms with Crippen molar-refractivity contribution in [2.45, 2.75) is 47.0 Å². The first-order valence-electron chi connectivity index (χ1n) is 5.11. The van der Waals surface area contributed by atoms with E-state index in [1.807, 2.05) is 0 Å². The van der Waals surface area contributed by atoms with Crippen molar-refractivity contribution in [3.8, 4) is 0 Å². The van der Waals surface area contributed by atoms with Crippen LogP contribution >= 0.6 is 0 Å². The van der Waals surface area contributed by atoms with Crippen molar-refractivity contribution < 1.29 is 9.90 Å². The van der Waals surface area contributed by atoms with Crippen molar-refractivity contribution in [1.29, 1.82) is 0 Å². The van der Waals surface area contributed by atoms with E-state index in [0.29, 0.717) is 17.8 Å². The van der Waals surface area contributed by atoms with Crippen molar-refractivity contribution in [2.75, 3.05) is 0 Å². The van der Waals surface area contributed by atoms with Crippen LogP contribution in [-0.2, 0) is 4.79 Å². The molecule has 2 heteroatoms. The number of hydrogen-bond donors (Lipinski definition) is 0. The molecular formula is C12H21O2-. The fourth-order valence-electron chi connectivity index (χ4n) is 1.67. The first-order chi connectivity index (χ1) is 6.22. The maximum Gasteiger partial charge on any atom is 0.0668 e. The highest BCUT2D eigenvalue weighted by atomic mass is 16.4. The van der Waals surface area contributed by atoms with Crippen LogP contribution in [-0.4, -0.2) is 5.97 Å². The van der Waals surface area contributed by atoms with Crippen LogP contribution in [0.2, 0.25) is 0 Å². The van der Waals surface area contributed by atoms with Crippen LogP contribution in [0, 0.1) is 11.3 Å². The average Bonchev–Trinajstić information content (AvgIpc) is 1.96. The van der Waals surface area contributed by atoms with Gasteiger partial charge in [-0.1, -0.05) is 34.3 Å². The second-order valence-electron chi connectivity index (χ2n) is 5.30. The lowest BCUT2D eigenvalue weighted by atomic mass is 9.83. The Morgan fingerprint density at radius 1 is 1.43 bits per heavy atom. The largest absolute Gasteiger partial charge is 0.545 e. The normalized spacial score (nSPS) is 13.7. The lowest BCUT2D eigenvalue weighted by Crippen LogP contribution is -2.24. The zero-order valence-corrected chi connectivity index (χ0v) is 9.72. The minimum atomic E-state index is -1.12. The SMILES string of the molecule is C=C(CCC(C)CC(C)(C)C)C(=O)[O-]. The van der Waals surface area contributed by atoms with Crippen LogP contribution < -0.4 is 5.11 Å². The van der Waals surface area contributed by atoms with Crippen LogP contribution in [0.25, 0.3) is 0 Å². The van der Waals surface area contributed by atoms with Gasteiger partial charge in [-0.2, -0.15) is 0 Å². The van der Waals surface area contributed by atoms with Gasteiger partial charge in [-0.25, -0.2) is 0 Å².